The number of piperidine rings is 1. The first-order chi connectivity index (χ1) is 13.6. The van der Waals surface area contributed by atoms with Crippen LogP contribution in [-0.4, -0.2) is 35.5 Å². The normalized spacial score (nSPS) is 18.2. The smallest absolute Gasteiger partial charge is 0.258 e. The number of nitrogens with zero attached hydrogens (tertiary/aromatic N) is 3. The minimum Gasteiger partial charge on any atom is -0.334 e. The maximum absolute atomic E-state index is 13.2. The molecule has 1 atom stereocenters. The van der Waals surface area contributed by atoms with Gasteiger partial charge in [0.2, 0.25) is 15.8 Å². The molecule has 1 aliphatic rings. The van der Waals surface area contributed by atoms with E-state index in [1.165, 1.54) is 0 Å². The fraction of sp³-hybridized carbons (Fsp3) is 0.333. The van der Waals surface area contributed by atoms with Crippen LogP contribution < -0.4 is 0 Å². The summed E-state index contributed by atoms with van der Waals surface area (Å²) in [5, 5.41) is 4.02. The molecule has 4 rings (SSSR count). The molecule has 28 heavy (non-hydrogen) atoms. The molecule has 1 unspecified atom stereocenters. The van der Waals surface area contributed by atoms with Crippen LogP contribution in [0.3, 0.4) is 0 Å². The van der Waals surface area contributed by atoms with Crippen molar-refractivity contribution in [3.63, 3.8) is 0 Å². The molecule has 7 heteroatoms. The lowest BCUT2D eigenvalue weighted by atomic mass is 10.0. The van der Waals surface area contributed by atoms with Crippen molar-refractivity contribution in [3.05, 3.63) is 54.6 Å². The van der Waals surface area contributed by atoms with Crippen molar-refractivity contribution < 1.29 is 12.9 Å². The molecule has 0 amide bonds. The van der Waals surface area contributed by atoms with E-state index in [2.05, 4.69) is 10.1 Å². The van der Waals surface area contributed by atoms with Crippen LogP contribution in [0, 0.1) is 0 Å². The summed E-state index contributed by atoms with van der Waals surface area (Å²) in [4.78, 5) is 4.70. The summed E-state index contributed by atoms with van der Waals surface area (Å²) in [5.74, 6) is 0.785. The van der Waals surface area contributed by atoms with Crippen molar-refractivity contribution >= 4 is 10.0 Å². The molecule has 2 aromatic carbocycles. The van der Waals surface area contributed by atoms with Gasteiger partial charge >= 0.3 is 0 Å². The highest BCUT2D eigenvalue weighted by Crippen LogP contribution is 2.29. The zero-order valence-electron chi connectivity index (χ0n) is 15.8. The number of aromatic nitrogens is 2. The largest absolute Gasteiger partial charge is 0.334 e. The van der Waals surface area contributed by atoms with Gasteiger partial charge in [-0.15, -0.1) is 0 Å². The van der Waals surface area contributed by atoms with E-state index in [4.69, 9.17) is 4.52 Å². The predicted molar refractivity (Wildman–Crippen MR) is 107 cm³/mol. The summed E-state index contributed by atoms with van der Waals surface area (Å²) < 4.78 is 33.5. The third-order valence-electron chi connectivity index (χ3n) is 5.19. The van der Waals surface area contributed by atoms with E-state index in [1.54, 1.807) is 28.6 Å². The highest BCUT2D eigenvalue weighted by Gasteiger charge is 2.32. The molecular formula is C21H23N3O3S. The van der Waals surface area contributed by atoms with Gasteiger partial charge in [0.05, 0.1) is 4.90 Å². The lowest BCUT2D eigenvalue weighted by Gasteiger charge is -2.34. The highest BCUT2D eigenvalue weighted by molar-refractivity contribution is 7.89. The van der Waals surface area contributed by atoms with E-state index >= 15 is 0 Å². The summed E-state index contributed by atoms with van der Waals surface area (Å²) in [6.45, 7) is 2.61. The Labute approximate surface area is 165 Å². The van der Waals surface area contributed by atoms with Gasteiger partial charge < -0.3 is 4.52 Å². The molecule has 0 N–H and O–H groups in total. The molecular weight excluding hydrogens is 374 g/mol. The number of hydrogen-bond acceptors (Lipinski definition) is 5. The molecule has 0 aliphatic carbocycles. The number of hydrogen-bond donors (Lipinski definition) is 0. The summed E-state index contributed by atoms with van der Waals surface area (Å²) in [7, 11) is -3.56. The van der Waals surface area contributed by atoms with Gasteiger partial charge in [-0.05, 0) is 37.5 Å². The first-order valence-electron chi connectivity index (χ1n) is 9.61. The Morgan fingerprint density at radius 1 is 1.07 bits per heavy atom. The Hall–Kier alpha value is -2.51. The molecule has 6 nitrogen and oxygen atoms in total. The Morgan fingerprint density at radius 3 is 2.64 bits per heavy atom. The molecule has 3 aromatic rings. The monoisotopic (exact) mass is 397 g/mol. The summed E-state index contributed by atoms with van der Waals surface area (Å²) in [5.41, 5.74) is 1.45. The molecule has 1 aliphatic heterocycles. The highest BCUT2D eigenvalue weighted by atomic mass is 32.2. The Bertz CT molecular complexity index is 1050. The van der Waals surface area contributed by atoms with E-state index in [-0.39, 0.29) is 10.9 Å². The minimum atomic E-state index is -3.56. The van der Waals surface area contributed by atoms with Crippen LogP contribution in [-0.2, 0) is 10.0 Å². The average Bonchev–Trinajstić information content (AvgIpc) is 3.25. The average molecular weight is 398 g/mol. The van der Waals surface area contributed by atoms with Crippen LogP contribution in [0.5, 0.6) is 0 Å². The van der Waals surface area contributed by atoms with Crippen molar-refractivity contribution in [2.24, 2.45) is 0 Å². The quantitative estimate of drug-likeness (QED) is 0.639. The summed E-state index contributed by atoms with van der Waals surface area (Å²) >= 11 is 0. The zero-order valence-corrected chi connectivity index (χ0v) is 16.6. The maximum Gasteiger partial charge on any atom is 0.258 e. The molecule has 0 saturated carbocycles. The second-order valence-corrected chi connectivity index (χ2v) is 8.88. The molecule has 146 valence electrons. The van der Waals surface area contributed by atoms with Gasteiger partial charge in [-0.2, -0.15) is 9.29 Å². The molecule has 0 spiro atoms. The van der Waals surface area contributed by atoms with Crippen LogP contribution in [0.25, 0.3) is 22.8 Å². The van der Waals surface area contributed by atoms with E-state index in [0.29, 0.717) is 23.8 Å². The first kappa shape index (κ1) is 18.8. The molecule has 1 fully saturated rings. The van der Waals surface area contributed by atoms with Gasteiger partial charge in [0.25, 0.3) is 5.89 Å². The van der Waals surface area contributed by atoms with Crippen LogP contribution in [0.15, 0.2) is 64.0 Å². The van der Waals surface area contributed by atoms with Gasteiger partial charge in [-0.1, -0.05) is 54.9 Å². The molecule has 1 aromatic heterocycles. The number of sulfonamides is 1. The zero-order chi connectivity index (χ0) is 19.6. The van der Waals surface area contributed by atoms with Gasteiger partial charge in [0.1, 0.15) is 0 Å². The molecule has 2 heterocycles. The van der Waals surface area contributed by atoms with Crippen molar-refractivity contribution in [2.45, 2.75) is 43.5 Å². The van der Waals surface area contributed by atoms with Gasteiger partial charge in [0.15, 0.2) is 0 Å². The van der Waals surface area contributed by atoms with E-state index in [0.717, 1.165) is 31.2 Å². The van der Waals surface area contributed by atoms with E-state index < -0.39 is 10.0 Å². The van der Waals surface area contributed by atoms with Crippen LogP contribution in [0.1, 0.15) is 32.6 Å². The standard InChI is InChI=1S/C21H23N3O3S/c1-2-18-12-6-7-14-24(18)28(25,26)19-13-8-11-17(15-19)21-22-20(23-27-21)16-9-4-3-5-10-16/h3-5,8-11,13,15,18H,2,6-7,12,14H2,1H3. The van der Waals surface area contributed by atoms with Crippen molar-refractivity contribution in [1.82, 2.24) is 14.4 Å². The topological polar surface area (TPSA) is 76.3 Å². The van der Waals surface area contributed by atoms with Gasteiger partial charge in [-0.3, -0.25) is 0 Å². The molecule has 1 saturated heterocycles. The second-order valence-electron chi connectivity index (χ2n) is 6.99. The number of rotatable bonds is 5. The number of benzene rings is 2. The Morgan fingerprint density at radius 2 is 1.86 bits per heavy atom. The summed E-state index contributed by atoms with van der Waals surface area (Å²) in [6, 6.07) is 16.4. The van der Waals surface area contributed by atoms with Crippen LogP contribution in [0.2, 0.25) is 0 Å². The fourth-order valence-electron chi connectivity index (χ4n) is 3.67. The lowest BCUT2D eigenvalue weighted by molar-refractivity contribution is 0.246. The van der Waals surface area contributed by atoms with Gasteiger partial charge in [-0.25, -0.2) is 8.42 Å². The molecule has 0 radical (unpaired) electrons. The van der Waals surface area contributed by atoms with Crippen molar-refractivity contribution in [3.8, 4) is 22.8 Å². The SMILES string of the molecule is CCC1CCCCN1S(=O)(=O)c1cccc(-c2nc(-c3ccccc3)no2)c1. The summed E-state index contributed by atoms with van der Waals surface area (Å²) in [6.07, 6.45) is 3.72. The molecule has 0 bridgehead atoms. The van der Waals surface area contributed by atoms with E-state index in [1.807, 2.05) is 37.3 Å². The lowest BCUT2D eigenvalue weighted by Crippen LogP contribution is -2.43. The minimum absolute atomic E-state index is 0.0653. The first-order valence-corrected chi connectivity index (χ1v) is 11.0. The van der Waals surface area contributed by atoms with Crippen LogP contribution >= 0.6 is 0 Å². The second kappa shape index (κ2) is 7.85. The maximum atomic E-state index is 13.2. The Kier molecular flexibility index (Phi) is 5.28. The van der Waals surface area contributed by atoms with Gasteiger partial charge in [0, 0.05) is 23.7 Å². The third kappa shape index (κ3) is 3.59. The van der Waals surface area contributed by atoms with E-state index in [9.17, 15) is 8.42 Å². The van der Waals surface area contributed by atoms with Crippen molar-refractivity contribution in [2.75, 3.05) is 6.54 Å². The fourth-order valence-corrected chi connectivity index (χ4v) is 5.48. The van der Waals surface area contributed by atoms with Crippen LogP contribution in [0.4, 0.5) is 0 Å². The Balaban J connectivity index is 1.66. The predicted octanol–water partition coefficient (Wildman–Crippen LogP) is 4.36. The van der Waals surface area contributed by atoms with Crippen molar-refractivity contribution in [1.29, 1.82) is 0 Å². The third-order valence-corrected chi connectivity index (χ3v) is 7.14.